The highest BCUT2D eigenvalue weighted by Gasteiger charge is 2.51. The summed E-state index contributed by atoms with van der Waals surface area (Å²) in [4.78, 5) is 5.41. The first kappa shape index (κ1) is 5.52. The highest BCUT2D eigenvalue weighted by molar-refractivity contribution is 5.02. The molecular formula is C7H12N2O. The molecule has 0 aromatic carbocycles. The molecule has 4 unspecified atom stereocenters. The van der Waals surface area contributed by atoms with Gasteiger partial charge in [-0.25, -0.2) is 0 Å². The zero-order valence-corrected chi connectivity index (χ0v) is 5.84. The molecule has 0 amide bonds. The van der Waals surface area contributed by atoms with Crippen molar-refractivity contribution in [3.63, 3.8) is 0 Å². The molecule has 4 atom stereocenters. The van der Waals surface area contributed by atoms with Crippen LogP contribution in [0.5, 0.6) is 0 Å². The summed E-state index contributed by atoms with van der Waals surface area (Å²) in [5.41, 5.74) is 3.02. The second kappa shape index (κ2) is 1.72. The molecule has 1 aliphatic carbocycles. The van der Waals surface area contributed by atoms with Crippen molar-refractivity contribution in [2.45, 2.75) is 37.6 Å². The minimum absolute atomic E-state index is 0.470. The van der Waals surface area contributed by atoms with Gasteiger partial charge in [0.2, 0.25) is 0 Å². The Balaban J connectivity index is 1.95. The lowest BCUT2D eigenvalue weighted by atomic mass is 9.87. The van der Waals surface area contributed by atoms with E-state index in [0.29, 0.717) is 18.3 Å². The van der Waals surface area contributed by atoms with Crippen molar-refractivity contribution >= 4 is 0 Å². The Morgan fingerprint density at radius 3 is 3.10 bits per heavy atom. The normalized spacial score (nSPS) is 57.6. The molecule has 56 valence electrons. The van der Waals surface area contributed by atoms with E-state index >= 15 is 0 Å². The molecule has 2 saturated heterocycles. The summed E-state index contributed by atoms with van der Waals surface area (Å²) in [7, 11) is 0. The summed E-state index contributed by atoms with van der Waals surface area (Å²) < 4.78 is 0. The number of hydrogen-bond donors (Lipinski definition) is 2. The molecule has 2 aliphatic heterocycles. The summed E-state index contributed by atoms with van der Waals surface area (Å²) in [6.45, 7) is 0. The summed E-state index contributed by atoms with van der Waals surface area (Å²) in [5, 5.41) is 3.52. The molecule has 3 rings (SSSR count). The third-order valence-corrected chi connectivity index (χ3v) is 3.02. The van der Waals surface area contributed by atoms with Crippen LogP contribution < -0.4 is 10.8 Å². The molecule has 1 saturated carbocycles. The van der Waals surface area contributed by atoms with Crippen LogP contribution in [0.25, 0.3) is 0 Å². The van der Waals surface area contributed by atoms with Crippen molar-refractivity contribution in [1.29, 1.82) is 0 Å². The van der Waals surface area contributed by atoms with Gasteiger partial charge in [0.05, 0.1) is 6.17 Å². The van der Waals surface area contributed by atoms with Crippen LogP contribution in [-0.4, -0.2) is 18.3 Å². The van der Waals surface area contributed by atoms with E-state index in [0.717, 1.165) is 5.92 Å². The van der Waals surface area contributed by atoms with Gasteiger partial charge in [-0.15, -0.1) is 0 Å². The van der Waals surface area contributed by atoms with Gasteiger partial charge in [-0.1, -0.05) is 6.42 Å². The van der Waals surface area contributed by atoms with Crippen LogP contribution in [0.3, 0.4) is 0 Å². The number of hydrogen-bond acceptors (Lipinski definition) is 3. The van der Waals surface area contributed by atoms with E-state index in [1.54, 1.807) is 0 Å². The third kappa shape index (κ3) is 0.516. The van der Waals surface area contributed by atoms with Crippen molar-refractivity contribution in [1.82, 2.24) is 10.8 Å². The molecule has 4 bridgehead atoms. The molecule has 0 spiro atoms. The highest BCUT2D eigenvalue weighted by Crippen LogP contribution is 2.38. The molecule has 3 fully saturated rings. The van der Waals surface area contributed by atoms with Crippen LogP contribution in [0.4, 0.5) is 0 Å². The molecule has 0 radical (unpaired) electrons. The fourth-order valence-corrected chi connectivity index (χ4v) is 2.53. The van der Waals surface area contributed by atoms with E-state index in [-0.39, 0.29) is 0 Å². The Morgan fingerprint density at radius 1 is 1.30 bits per heavy atom. The van der Waals surface area contributed by atoms with Gasteiger partial charge in [0.1, 0.15) is 6.10 Å². The minimum atomic E-state index is 0.470. The Kier molecular flexibility index (Phi) is 0.952. The van der Waals surface area contributed by atoms with Crippen LogP contribution >= 0.6 is 0 Å². The monoisotopic (exact) mass is 140 g/mol. The number of nitrogens with one attached hydrogen (secondary N) is 2. The standard InChI is InChI=1S/C7H12N2O/c1-2-4-6-5(3-1)8-7(4)9-10-6/h4-9H,1-3H2. The zero-order chi connectivity index (χ0) is 6.55. The average Bonchev–Trinajstić information content (AvgIpc) is 2.44. The minimum Gasteiger partial charge on any atom is -0.295 e. The van der Waals surface area contributed by atoms with E-state index in [1.807, 2.05) is 0 Å². The average molecular weight is 140 g/mol. The third-order valence-electron chi connectivity index (χ3n) is 3.02. The molecule has 3 aliphatic rings. The Labute approximate surface area is 60.1 Å². The molecule has 3 nitrogen and oxygen atoms in total. The number of hydroxylamine groups is 1. The smallest absolute Gasteiger partial charge is 0.100 e. The van der Waals surface area contributed by atoms with Crippen molar-refractivity contribution in [3.05, 3.63) is 0 Å². The molecule has 3 heteroatoms. The predicted molar refractivity (Wildman–Crippen MR) is 36.1 cm³/mol. The summed E-state index contributed by atoms with van der Waals surface area (Å²) in [5.74, 6) is 0.763. The van der Waals surface area contributed by atoms with Gasteiger partial charge in [0, 0.05) is 12.0 Å². The summed E-state index contributed by atoms with van der Waals surface area (Å²) in [6, 6.07) is 0.657. The second-order valence-corrected chi connectivity index (χ2v) is 3.55. The second-order valence-electron chi connectivity index (χ2n) is 3.55. The van der Waals surface area contributed by atoms with Crippen LogP contribution in [0.15, 0.2) is 0 Å². The highest BCUT2D eigenvalue weighted by atomic mass is 16.7. The summed E-state index contributed by atoms with van der Waals surface area (Å²) in [6.07, 6.45) is 4.97. The van der Waals surface area contributed by atoms with E-state index in [9.17, 15) is 0 Å². The van der Waals surface area contributed by atoms with Gasteiger partial charge < -0.3 is 0 Å². The van der Waals surface area contributed by atoms with Crippen molar-refractivity contribution in [2.24, 2.45) is 5.92 Å². The van der Waals surface area contributed by atoms with Gasteiger partial charge in [-0.3, -0.25) is 10.2 Å². The molecule has 0 aromatic rings. The Hall–Kier alpha value is -0.120. The topological polar surface area (TPSA) is 33.3 Å². The van der Waals surface area contributed by atoms with E-state index in [4.69, 9.17) is 4.84 Å². The first-order chi connectivity index (χ1) is 4.95. The van der Waals surface area contributed by atoms with Crippen LogP contribution in [0.1, 0.15) is 19.3 Å². The largest absolute Gasteiger partial charge is 0.295 e. The fourth-order valence-electron chi connectivity index (χ4n) is 2.53. The van der Waals surface area contributed by atoms with Crippen molar-refractivity contribution < 1.29 is 4.84 Å². The maximum Gasteiger partial charge on any atom is 0.100 e. The van der Waals surface area contributed by atoms with Crippen molar-refractivity contribution in [2.75, 3.05) is 0 Å². The van der Waals surface area contributed by atoms with E-state index in [1.165, 1.54) is 19.3 Å². The van der Waals surface area contributed by atoms with E-state index in [2.05, 4.69) is 10.8 Å². The predicted octanol–water partition coefficient (Wildman–Crippen LogP) is -0.0122. The van der Waals surface area contributed by atoms with Gasteiger partial charge in [-0.05, 0) is 12.8 Å². The molecule has 10 heavy (non-hydrogen) atoms. The molecule has 2 heterocycles. The fraction of sp³-hybridized carbons (Fsp3) is 1.00. The Morgan fingerprint density at radius 2 is 2.30 bits per heavy atom. The lowest BCUT2D eigenvalue weighted by Gasteiger charge is -2.25. The molecular weight excluding hydrogens is 128 g/mol. The lowest BCUT2D eigenvalue weighted by Crippen LogP contribution is -2.46. The zero-order valence-electron chi connectivity index (χ0n) is 5.84. The van der Waals surface area contributed by atoms with E-state index < -0.39 is 0 Å². The van der Waals surface area contributed by atoms with Crippen LogP contribution in [0.2, 0.25) is 0 Å². The quantitative estimate of drug-likeness (QED) is 0.496. The molecule has 2 N–H and O–H groups in total. The SMILES string of the molecule is C1CC2NC3NOC2C3C1. The Bertz CT molecular complexity index is 158. The summed E-state index contributed by atoms with van der Waals surface area (Å²) >= 11 is 0. The lowest BCUT2D eigenvalue weighted by molar-refractivity contribution is -0.0355. The van der Waals surface area contributed by atoms with Gasteiger partial charge in [-0.2, -0.15) is 5.48 Å². The maximum atomic E-state index is 5.41. The number of rotatable bonds is 0. The van der Waals surface area contributed by atoms with Gasteiger partial charge in [0.25, 0.3) is 0 Å². The molecule has 0 aromatic heterocycles. The first-order valence-corrected chi connectivity index (χ1v) is 4.12. The van der Waals surface area contributed by atoms with Crippen LogP contribution in [0, 0.1) is 5.92 Å². The maximum absolute atomic E-state index is 5.41. The van der Waals surface area contributed by atoms with Crippen LogP contribution in [-0.2, 0) is 4.84 Å². The van der Waals surface area contributed by atoms with Gasteiger partial charge >= 0.3 is 0 Å². The first-order valence-electron chi connectivity index (χ1n) is 4.12. The van der Waals surface area contributed by atoms with Gasteiger partial charge in [0.15, 0.2) is 0 Å². The van der Waals surface area contributed by atoms with Crippen molar-refractivity contribution in [3.8, 4) is 0 Å².